The monoisotopic (exact) mass is 330 g/mol. The normalized spacial score (nSPS) is 10.7. The van der Waals surface area contributed by atoms with Crippen LogP contribution in [-0.2, 0) is 4.74 Å². The molecule has 20 heavy (non-hydrogen) atoms. The summed E-state index contributed by atoms with van der Waals surface area (Å²) in [5.74, 6) is 0.363. The summed E-state index contributed by atoms with van der Waals surface area (Å²) in [5, 5.41) is 0. The van der Waals surface area contributed by atoms with Gasteiger partial charge < -0.3 is 9.72 Å². The highest BCUT2D eigenvalue weighted by Gasteiger charge is 2.10. The van der Waals surface area contributed by atoms with Crippen molar-refractivity contribution in [3.05, 3.63) is 52.5 Å². The Morgan fingerprint density at radius 3 is 2.80 bits per heavy atom. The van der Waals surface area contributed by atoms with E-state index in [4.69, 9.17) is 4.74 Å². The number of benzene rings is 2. The Morgan fingerprint density at radius 2 is 2.05 bits per heavy atom. The van der Waals surface area contributed by atoms with Crippen LogP contribution in [0, 0.1) is 0 Å². The Morgan fingerprint density at radius 1 is 1.25 bits per heavy atom. The maximum atomic E-state index is 11.6. The zero-order valence-electron chi connectivity index (χ0n) is 10.7. The molecule has 3 aromatic rings. The maximum absolute atomic E-state index is 11.6. The number of carbonyl (C=O) groups excluding carboxylic acids is 1. The number of carbonyl (C=O) groups is 1. The van der Waals surface area contributed by atoms with E-state index in [0.29, 0.717) is 5.56 Å². The van der Waals surface area contributed by atoms with Gasteiger partial charge in [0, 0.05) is 10.0 Å². The van der Waals surface area contributed by atoms with Crippen LogP contribution in [0.5, 0.6) is 0 Å². The standard InChI is InChI=1S/C15H11BrN2O2/c1-20-15(19)10-5-2-4-9(8-10)14-17-12-7-3-6-11(16)13(12)18-14/h2-8H,1H3,(H,17,18). The quantitative estimate of drug-likeness (QED) is 0.727. The highest BCUT2D eigenvalue weighted by molar-refractivity contribution is 9.10. The van der Waals surface area contributed by atoms with Crippen LogP contribution in [0.3, 0.4) is 0 Å². The number of hydrogen-bond acceptors (Lipinski definition) is 3. The third kappa shape index (κ3) is 2.20. The van der Waals surface area contributed by atoms with E-state index in [2.05, 4.69) is 25.9 Å². The second-order valence-corrected chi connectivity index (χ2v) is 5.15. The fraction of sp³-hybridized carbons (Fsp3) is 0.0667. The Bertz CT molecular complexity index is 795. The van der Waals surface area contributed by atoms with E-state index >= 15 is 0 Å². The lowest BCUT2D eigenvalue weighted by Gasteiger charge is -2.01. The molecule has 0 bridgehead atoms. The van der Waals surface area contributed by atoms with Crippen LogP contribution in [0.2, 0.25) is 0 Å². The number of fused-ring (bicyclic) bond motifs is 1. The summed E-state index contributed by atoms with van der Waals surface area (Å²) >= 11 is 3.48. The summed E-state index contributed by atoms with van der Waals surface area (Å²) in [6, 6.07) is 13.0. The molecule has 0 fully saturated rings. The van der Waals surface area contributed by atoms with E-state index in [1.165, 1.54) is 7.11 Å². The lowest BCUT2D eigenvalue weighted by molar-refractivity contribution is 0.0601. The summed E-state index contributed by atoms with van der Waals surface area (Å²) in [7, 11) is 1.37. The molecular formula is C15H11BrN2O2. The molecule has 4 nitrogen and oxygen atoms in total. The lowest BCUT2D eigenvalue weighted by Crippen LogP contribution is -2.00. The first-order chi connectivity index (χ1) is 9.69. The minimum Gasteiger partial charge on any atom is -0.465 e. The molecule has 0 spiro atoms. The van der Waals surface area contributed by atoms with E-state index < -0.39 is 0 Å². The Balaban J connectivity index is 2.11. The highest BCUT2D eigenvalue weighted by Crippen LogP contribution is 2.26. The number of hydrogen-bond donors (Lipinski definition) is 1. The van der Waals surface area contributed by atoms with E-state index in [0.717, 1.165) is 26.9 Å². The smallest absolute Gasteiger partial charge is 0.337 e. The lowest BCUT2D eigenvalue weighted by atomic mass is 10.1. The number of aromatic amines is 1. The van der Waals surface area contributed by atoms with Gasteiger partial charge in [0.15, 0.2) is 0 Å². The van der Waals surface area contributed by atoms with Crippen molar-refractivity contribution >= 4 is 32.9 Å². The summed E-state index contributed by atoms with van der Waals surface area (Å²) in [4.78, 5) is 19.4. The Labute approximate surface area is 123 Å². The summed E-state index contributed by atoms with van der Waals surface area (Å²) in [6.45, 7) is 0. The molecule has 0 atom stereocenters. The van der Waals surface area contributed by atoms with Crippen LogP contribution < -0.4 is 0 Å². The van der Waals surface area contributed by atoms with Crippen molar-refractivity contribution in [1.82, 2.24) is 9.97 Å². The molecule has 1 N–H and O–H groups in total. The van der Waals surface area contributed by atoms with Crippen LogP contribution in [0.1, 0.15) is 10.4 Å². The zero-order valence-corrected chi connectivity index (χ0v) is 12.3. The molecule has 0 radical (unpaired) electrons. The van der Waals surface area contributed by atoms with Crippen molar-refractivity contribution in [2.45, 2.75) is 0 Å². The highest BCUT2D eigenvalue weighted by atomic mass is 79.9. The molecular weight excluding hydrogens is 320 g/mol. The van der Waals surface area contributed by atoms with Crippen molar-refractivity contribution in [1.29, 1.82) is 0 Å². The number of aromatic nitrogens is 2. The molecule has 0 saturated heterocycles. The average Bonchev–Trinajstić information content (AvgIpc) is 2.92. The molecule has 1 heterocycles. The molecule has 1 aromatic heterocycles. The van der Waals surface area contributed by atoms with Gasteiger partial charge in [-0.2, -0.15) is 0 Å². The van der Waals surface area contributed by atoms with Gasteiger partial charge in [-0.3, -0.25) is 0 Å². The number of halogens is 1. The molecule has 3 rings (SSSR count). The van der Waals surface area contributed by atoms with Gasteiger partial charge in [-0.25, -0.2) is 9.78 Å². The molecule has 0 aliphatic heterocycles. The summed E-state index contributed by atoms with van der Waals surface area (Å²) in [6.07, 6.45) is 0. The molecule has 0 aliphatic carbocycles. The summed E-state index contributed by atoms with van der Waals surface area (Å²) in [5.41, 5.74) is 3.16. The van der Waals surface area contributed by atoms with Crippen LogP contribution in [0.4, 0.5) is 0 Å². The number of esters is 1. The second kappa shape index (κ2) is 5.09. The van der Waals surface area contributed by atoms with Gasteiger partial charge in [0.25, 0.3) is 0 Å². The van der Waals surface area contributed by atoms with Gasteiger partial charge >= 0.3 is 5.97 Å². The Kier molecular flexibility index (Phi) is 3.28. The number of H-pyrrole nitrogens is 1. The molecule has 0 unspecified atom stereocenters. The number of nitrogens with zero attached hydrogens (tertiary/aromatic N) is 1. The molecule has 5 heteroatoms. The first-order valence-electron chi connectivity index (χ1n) is 6.02. The zero-order chi connectivity index (χ0) is 14.1. The van der Waals surface area contributed by atoms with Gasteiger partial charge in [-0.05, 0) is 40.2 Å². The SMILES string of the molecule is COC(=O)c1cccc(-c2nc3c(Br)cccc3[nH]2)c1. The van der Waals surface area contributed by atoms with Gasteiger partial charge in [0.1, 0.15) is 11.3 Å². The third-order valence-electron chi connectivity index (χ3n) is 3.02. The van der Waals surface area contributed by atoms with E-state index in [1.54, 1.807) is 12.1 Å². The average molecular weight is 331 g/mol. The minimum absolute atomic E-state index is 0.357. The summed E-state index contributed by atoms with van der Waals surface area (Å²) < 4.78 is 5.66. The van der Waals surface area contributed by atoms with Gasteiger partial charge in [-0.1, -0.05) is 18.2 Å². The number of para-hydroxylation sites is 1. The van der Waals surface area contributed by atoms with E-state index in [9.17, 15) is 4.79 Å². The predicted molar refractivity (Wildman–Crippen MR) is 80.6 cm³/mol. The second-order valence-electron chi connectivity index (χ2n) is 4.29. The van der Waals surface area contributed by atoms with E-state index in [-0.39, 0.29) is 5.97 Å². The number of rotatable bonds is 2. The molecule has 2 aromatic carbocycles. The number of ether oxygens (including phenoxy) is 1. The van der Waals surface area contributed by atoms with Crippen molar-refractivity contribution in [3.63, 3.8) is 0 Å². The number of methoxy groups -OCH3 is 1. The first kappa shape index (κ1) is 12.9. The van der Waals surface area contributed by atoms with Crippen molar-refractivity contribution in [2.75, 3.05) is 7.11 Å². The van der Waals surface area contributed by atoms with Crippen molar-refractivity contribution < 1.29 is 9.53 Å². The van der Waals surface area contributed by atoms with Gasteiger partial charge in [0.05, 0.1) is 18.2 Å². The van der Waals surface area contributed by atoms with Gasteiger partial charge in [0.2, 0.25) is 0 Å². The third-order valence-corrected chi connectivity index (χ3v) is 3.66. The molecule has 100 valence electrons. The van der Waals surface area contributed by atoms with Crippen LogP contribution in [0.25, 0.3) is 22.4 Å². The fourth-order valence-corrected chi connectivity index (χ4v) is 2.50. The Hall–Kier alpha value is -2.14. The largest absolute Gasteiger partial charge is 0.465 e. The maximum Gasteiger partial charge on any atom is 0.337 e. The molecule has 0 aliphatic rings. The first-order valence-corrected chi connectivity index (χ1v) is 6.81. The van der Waals surface area contributed by atoms with E-state index in [1.807, 2.05) is 30.3 Å². The fourth-order valence-electron chi connectivity index (χ4n) is 2.05. The van der Waals surface area contributed by atoms with Crippen LogP contribution in [0.15, 0.2) is 46.9 Å². The molecule has 0 saturated carbocycles. The van der Waals surface area contributed by atoms with Crippen LogP contribution in [-0.4, -0.2) is 23.0 Å². The topological polar surface area (TPSA) is 55.0 Å². The van der Waals surface area contributed by atoms with Gasteiger partial charge in [-0.15, -0.1) is 0 Å². The van der Waals surface area contributed by atoms with Crippen molar-refractivity contribution in [2.24, 2.45) is 0 Å². The predicted octanol–water partition coefficient (Wildman–Crippen LogP) is 3.78. The minimum atomic E-state index is -0.357. The number of imidazole rings is 1. The molecule has 0 amide bonds. The van der Waals surface area contributed by atoms with Crippen LogP contribution >= 0.6 is 15.9 Å². The number of nitrogens with one attached hydrogen (secondary N) is 1. The van der Waals surface area contributed by atoms with Crippen molar-refractivity contribution in [3.8, 4) is 11.4 Å².